The zero-order valence-electron chi connectivity index (χ0n) is 9.84. The van der Waals surface area contributed by atoms with Gasteiger partial charge in [-0.05, 0) is 31.0 Å². The van der Waals surface area contributed by atoms with Crippen LogP contribution in [0.3, 0.4) is 0 Å². The van der Waals surface area contributed by atoms with Crippen LogP contribution in [0.15, 0.2) is 22.7 Å². The van der Waals surface area contributed by atoms with Gasteiger partial charge in [0.15, 0.2) is 0 Å². The molecule has 0 aliphatic carbocycles. The van der Waals surface area contributed by atoms with Crippen molar-refractivity contribution in [2.24, 2.45) is 0 Å². The topological polar surface area (TPSA) is 29.5 Å². The predicted molar refractivity (Wildman–Crippen MR) is 66.0 cm³/mol. The van der Waals surface area contributed by atoms with Gasteiger partial charge in [-0.15, -0.1) is 13.2 Å². The maximum absolute atomic E-state index is 12.3. The van der Waals surface area contributed by atoms with Gasteiger partial charge in [0.1, 0.15) is 5.75 Å². The summed E-state index contributed by atoms with van der Waals surface area (Å²) in [6.07, 6.45) is -3.07. The first-order valence-electron chi connectivity index (χ1n) is 5.71. The molecule has 1 saturated heterocycles. The first-order chi connectivity index (χ1) is 8.87. The van der Waals surface area contributed by atoms with Gasteiger partial charge in [0.2, 0.25) is 0 Å². The number of amides is 1. The third kappa shape index (κ3) is 3.62. The number of hydrogen-bond donors (Lipinski definition) is 0. The van der Waals surface area contributed by atoms with E-state index < -0.39 is 18.0 Å². The molecule has 0 aromatic heterocycles. The van der Waals surface area contributed by atoms with Crippen molar-refractivity contribution in [2.75, 3.05) is 13.1 Å². The molecule has 2 rings (SSSR count). The molecule has 1 aromatic carbocycles. The molecule has 0 saturated carbocycles. The molecule has 1 amide bonds. The highest BCUT2D eigenvalue weighted by Crippen LogP contribution is 2.30. The van der Waals surface area contributed by atoms with E-state index in [1.54, 1.807) is 0 Å². The van der Waals surface area contributed by atoms with E-state index >= 15 is 0 Å². The summed E-state index contributed by atoms with van der Waals surface area (Å²) in [4.78, 5) is 13.7. The molecule has 7 heteroatoms. The Bertz CT molecular complexity index is 484. The number of likely N-dealkylation sites (tertiary alicyclic amines) is 1. The van der Waals surface area contributed by atoms with Crippen LogP contribution in [0, 0.1) is 0 Å². The highest BCUT2D eigenvalue weighted by atomic mass is 79.9. The molecule has 3 nitrogen and oxygen atoms in total. The summed E-state index contributed by atoms with van der Waals surface area (Å²) >= 11 is 3.06. The quantitative estimate of drug-likeness (QED) is 0.825. The van der Waals surface area contributed by atoms with Crippen LogP contribution in [0.4, 0.5) is 13.2 Å². The average Bonchev–Trinajstić information content (AvgIpc) is 2.79. The van der Waals surface area contributed by atoms with Crippen molar-refractivity contribution in [3.05, 3.63) is 28.2 Å². The number of rotatable bonds is 2. The van der Waals surface area contributed by atoms with E-state index in [1.165, 1.54) is 17.0 Å². The Labute approximate surface area is 116 Å². The van der Waals surface area contributed by atoms with Crippen molar-refractivity contribution in [2.45, 2.75) is 19.2 Å². The summed E-state index contributed by atoms with van der Waals surface area (Å²) in [5, 5.41) is 0. The zero-order valence-corrected chi connectivity index (χ0v) is 11.4. The molecule has 0 unspecified atom stereocenters. The third-order valence-corrected chi connectivity index (χ3v) is 3.29. The molecule has 1 aliphatic rings. The molecule has 19 heavy (non-hydrogen) atoms. The Kier molecular flexibility index (Phi) is 4.03. The fourth-order valence-corrected chi connectivity index (χ4v) is 2.31. The highest BCUT2D eigenvalue weighted by molar-refractivity contribution is 9.10. The molecule has 0 N–H and O–H groups in total. The second kappa shape index (κ2) is 5.40. The van der Waals surface area contributed by atoms with Crippen LogP contribution >= 0.6 is 15.9 Å². The lowest BCUT2D eigenvalue weighted by molar-refractivity contribution is -0.274. The van der Waals surface area contributed by atoms with E-state index in [1.807, 2.05) is 0 Å². The maximum atomic E-state index is 12.3. The smallest absolute Gasteiger partial charge is 0.405 e. The lowest BCUT2D eigenvalue weighted by Gasteiger charge is -2.18. The molecule has 1 aliphatic heterocycles. The van der Waals surface area contributed by atoms with Gasteiger partial charge < -0.3 is 9.64 Å². The molecule has 0 atom stereocenters. The third-order valence-electron chi connectivity index (χ3n) is 2.79. The summed E-state index contributed by atoms with van der Waals surface area (Å²) in [7, 11) is 0. The number of carbonyl (C=O) groups is 1. The lowest BCUT2D eigenvalue weighted by Crippen LogP contribution is -2.29. The molecule has 104 valence electrons. The molecule has 1 aromatic rings. The van der Waals surface area contributed by atoms with Gasteiger partial charge in [-0.25, -0.2) is 0 Å². The predicted octanol–water partition coefficient (Wildman–Crippen LogP) is 3.58. The molecule has 1 heterocycles. The number of carbonyl (C=O) groups excluding carboxylic acids is 1. The fourth-order valence-electron chi connectivity index (χ4n) is 1.97. The highest BCUT2D eigenvalue weighted by Gasteiger charge is 2.34. The Hall–Kier alpha value is -1.24. The summed E-state index contributed by atoms with van der Waals surface area (Å²) < 4.78 is 41.3. The SMILES string of the molecule is O=C(c1ccc(Br)cc1OC(F)(F)F)N1CCCC1. The van der Waals surface area contributed by atoms with Gasteiger partial charge in [-0.3, -0.25) is 4.79 Å². The summed E-state index contributed by atoms with van der Waals surface area (Å²) in [5.41, 5.74) is -0.0672. The van der Waals surface area contributed by atoms with Crippen LogP contribution in [-0.4, -0.2) is 30.3 Å². The van der Waals surface area contributed by atoms with Crippen LogP contribution in [0.5, 0.6) is 5.75 Å². The Morgan fingerprint density at radius 3 is 2.47 bits per heavy atom. The summed E-state index contributed by atoms with van der Waals surface area (Å²) in [6, 6.07) is 4.01. The number of halogens is 4. The average molecular weight is 338 g/mol. The van der Waals surface area contributed by atoms with Gasteiger partial charge in [0, 0.05) is 17.6 Å². The van der Waals surface area contributed by atoms with Crippen LogP contribution < -0.4 is 4.74 Å². The van der Waals surface area contributed by atoms with Crippen molar-refractivity contribution in [3.63, 3.8) is 0 Å². The van der Waals surface area contributed by atoms with Crippen LogP contribution in [-0.2, 0) is 0 Å². The fraction of sp³-hybridized carbons (Fsp3) is 0.417. The number of alkyl halides is 3. The maximum Gasteiger partial charge on any atom is 0.573 e. The van der Waals surface area contributed by atoms with E-state index in [0.29, 0.717) is 17.6 Å². The zero-order chi connectivity index (χ0) is 14.0. The van der Waals surface area contributed by atoms with Crippen molar-refractivity contribution in [3.8, 4) is 5.75 Å². The van der Waals surface area contributed by atoms with Crippen molar-refractivity contribution >= 4 is 21.8 Å². The van der Waals surface area contributed by atoms with Gasteiger partial charge in [-0.1, -0.05) is 15.9 Å². The molecular formula is C12H11BrF3NO2. The van der Waals surface area contributed by atoms with E-state index in [4.69, 9.17) is 0 Å². The van der Waals surface area contributed by atoms with E-state index in [9.17, 15) is 18.0 Å². The number of ether oxygens (including phenoxy) is 1. The molecule has 1 fully saturated rings. The van der Waals surface area contributed by atoms with E-state index in [-0.39, 0.29) is 5.56 Å². The van der Waals surface area contributed by atoms with Gasteiger partial charge >= 0.3 is 6.36 Å². The largest absolute Gasteiger partial charge is 0.573 e. The van der Waals surface area contributed by atoms with Crippen LogP contribution in [0.1, 0.15) is 23.2 Å². The molecule has 0 spiro atoms. The van der Waals surface area contributed by atoms with Gasteiger partial charge in [0.05, 0.1) is 5.56 Å². The second-order valence-corrected chi connectivity index (χ2v) is 5.10. The molecule has 0 bridgehead atoms. The van der Waals surface area contributed by atoms with Crippen molar-refractivity contribution in [1.82, 2.24) is 4.90 Å². The number of benzene rings is 1. The number of hydrogen-bond acceptors (Lipinski definition) is 2. The van der Waals surface area contributed by atoms with Gasteiger partial charge in [-0.2, -0.15) is 0 Å². The van der Waals surface area contributed by atoms with Crippen molar-refractivity contribution < 1.29 is 22.7 Å². The Morgan fingerprint density at radius 2 is 1.89 bits per heavy atom. The second-order valence-electron chi connectivity index (χ2n) is 4.19. The first-order valence-corrected chi connectivity index (χ1v) is 6.51. The van der Waals surface area contributed by atoms with E-state index in [2.05, 4.69) is 20.7 Å². The minimum absolute atomic E-state index is 0.0672. The monoisotopic (exact) mass is 337 g/mol. The van der Waals surface area contributed by atoms with E-state index in [0.717, 1.165) is 18.9 Å². The van der Waals surface area contributed by atoms with Crippen molar-refractivity contribution in [1.29, 1.82) is 0 Å². The number of nitrogens with zero attached hydrogens (tertiary/aromatic N) is 1. The molecular weight excluding hydrogens is 327 g/mol. The van der Waals surface area contributed by atoms with Gasteiger partial charge in [0.25, 0.3) is 5.91 Å². The Morgan fingerprint density at radius 1 is 1.26 bits per heavy atom. The summed E-state index contributed by atoms with van der Waals surface area (Å²) in [6.45, 7) is 1.14. The molecule has 0 radical (unpaired) electrons. The normalized spacial score (nSPS) is 15.7. The standard InChI is InChI=1S/C12H11BrF3NO2/c13-8-3-4-9(10(7-8)19-12(14,15)16)11(18)17-5-1-2-6-17/h3-4,7H,1-2,5-6H2. The van der Waals surface area contributed by atoms with Crippen LogP contribution in [0.2, 0.25) is 0 Å². The first kappa shape index (κ1) is 14.2. The minimum atomic E-state index is -4.82. The lowest BCUT2D eigenvalue weighted by atomic mass is 10.2. The van der Waals surface area contributed by atoms with Crippen LogP contribution in [0.25, 0.3) is 0 Å². The summed E-state index contributed by atoms with van der Waals surface area (Å²) in [5.74, 6) is -0.900. The minimum Gasteiger partial charge on any atom is -0.405 e. The Balaban J connectivity index is 2.30.